The summed E-state index contributed by atoms with van der Waals surface area (Å²) in [4.78, 5) is 50.9. The maximum absolute atomic E-state index is 13.0. The average Bonchev–Trinajstić information content (AvgIpc) is 2.93. The first-order valence-corrected chi connectivity index (χ1v) is 10.3. The zero-order valence-electron chi connectivity index (χ0n) is 17.1. The molecule has 3 rings (SSSR count). The van der Waals surface area contributed by atoms with Crippen molar-refractivity contribution in [2.75, 3.05) is 6.54 Å². The molecule has 1 saturated carbocycles. The number of hydrogen-bond acceptors (Lipinski definition) is 4. The summed E-state index contributed by atoms with van der Waals surface area (Å²) in [5.41, 5.74) is -0.0326. The van der Waals surface area contributed by atoms with Crippen LogP contribution in [-0.4, -0.2) is 46.7 Å². The molecule has 4 amide bonds. The summed E-state index contributed by atoms with van der Waals surface area (Å²) in [5, 5.41) is 5.49. The van der Waals surface area contributed by atoms with Crippen LogP contribution in [0.2, 0.25) is 0 Å². The maximum Gasteiger partial charge on any atom is 0.325 e. The Morgan fingerprint density at radius 1 is 1.17 bits per heavy atom. The van der Waals surface area contributed by atoms with Crippen molar-refractivity contribution in [1.82, 2.24) is 15.5 Å². The smallest absolute Gasteiger partial charge is 0.325 e. The summed E-state index contributed by atoms with van der Waals surface area (Å²) < 4.78 is 0. The lowest BCUT2D eigenvalue weighted by molar-refractivity contribution is -0.136. The second-order valence-corrected chi connectivity index (χ2v) is 8.28. The maximum atomic E-state index is 13.0. The van der Waals surface area contributed by atoms with Gasteiger partial charge in [-0.2, -0.15) is 0 Å². The second kappa shape index (κ2) is 8.76. The summed E-state index contributed by atoms with van der Waals surface area (Å²) in [6.45, 7) is 2.79. The molecule has 2 N–H and O–H groups in total. The number of ketones is 1. The fourth-order valence-corrected chi connectivity index (χ4v) is 4.35. The third kappa shape index (κ3) is 4.66. The van der Waals surface area contributed by atoms with Crippen LogP contribution >= 0.6 is 0 Å². The molecule has 2 fully saturated rings. The summed E-state index contributed by atoms with van der Waals surface area (Å²) >= 11 is 0. The molecule has 2 atom stereocenters. The minimum atomic E-state index is -0.957. The van der Waals surface area contributed by atoms with E-state index in [1.54, 1.807) is 6.92 Å². The van der Waals surface area contributed by atoms with Crippen LogP contribution in [-0.2, 0) is 20.8 Å². The number of benzene rings is 1. The summed E-state index contributed by atoms with van der Waals surface area (Å²) in [6.07, 6.45) is 5.39. The molecule has 0 unspecified atom stereocenters. The lowest BCUT2D eigenvalue weighted by Gasteiger charge is -2.34. The van der Waals surface area contributed by atoms with Crippen molar-refractivity contribution in [3.05, 3.63) is 35.9 Å². The van der Waals surface area contributed by atoms with Crippen LogP contribution < -0.4 is 10.6 Å². The van der Waals surface area contributed by atoms with Crippen LogP contribution in [0.5, 0.6) is 0 Å². The van der Waals surface area contributed by atoms with Gasteiger partial charge in [-0.05, 0) is 44.6 Å². The number of urea groups is 1. The van der Waals surface area contributed by atoms with Gasteiger partial charge in [0.05, 0.1) is 6.04 Å². The predicted octanol–water partition coefficient (Wildman–Crippen LogP) is 2.19. The Hall–Kier alpha value is -2.70. The molecule has 0 spiro atoms. The Morgan fingerprint density at radius 3 is 2.45 bits per heavy atom. The van der Waals surface area contributed by atoms with Gasteiger partial charge in [-0.1, -0.05) is 49.6 Å². The number of nitrogens with one attached hydrogen (secondary N) is 2. The van der Waals surface area contributed by atoms with Crippen LogP contribution in [0, 0.1) is 5.92 Å². The lowest BCUT2D eigenvalue weighted by atomic mass is 9.75. The summed E-state index contributed by atoms with van der Waals surface area (Å²) in [6, 6.07) is 8.15. The van der Waals surface area contributed by atoms with E-state index >= 15 is 0 Å². The fourth-order valence-electron chi connectivity index (χ4n) is 4.35. The van der Waals surface area contributed by atoms with Crippen molar-refractivity contribution < 1.29 is 19.2 Å². The van der Waals surface area contributed by atoms with Gasteiger partial charge in [0.2, 0.25) is 5.91 Å². The summed E-state index contributed by atoms with van der Waals surface area (Å²) in [5.74, 6) is -0.959. The van der Waals surface area contributed by atoms with Crippen LogP contribution in [0.15, 0.2) is 30.3 Å². The Morgan fingerprint density at radius 2 is 1.83 bits per heavy atom. The standard InChI is InChI=1S/C22H29N3O4/c1-15(26)18(13-16-9-5-3-6-10-16)23-19(27)14-25-20(28)22(2,24-21(25)29)17-11-7-4-8-12-17/h3,5-6,9-10,17-18H,4,7-8,11-14H2,1-2H3,(H,23,27)(H,24,29)/t18-,22+/m1/s1. The van der Waals surface area contributed by atoms with Crippen molar-refractivity contribution in [3.63, 3.8) is 0 Å². The summed E-state index contributed by atoms with van der Waals surface area (Å²) in [7, 11) is 0. The van der Waals surface area contributed by atoms with Gasteiger partial charge in [0.1, 0.15) is 12.1 Å². The highest BCUT2D eigenvalue weighted by Gasteiger charge is 2.52. The van der Waals surface area contributed by atoms with E-state index in [1.165, 1.54) is 6.92 Å². The lowest BCUT2D eigenvalue weighted by Crippen LogP contribution is -2.52. The van der Waals surface area contributed by atoms with Gasteiger partial charge in [0, 0.05) is 0 Å². The normalized spacial score (nSPS) is 23.6. The van der Waals surface area contributed by atoms with Gasteiger partial charge in [-0.3, -0.25) is 19.3 Å². The highest BCUT2D eigenvalue weighted by molar-refractivity contribution is 6.09. The topological polar surface area (TPSA) is 95.6 Å². The van der Waals surface area contributed by atoms with Crippen LogP contribution in [0.1, 0.15) is 51.5 Å². The van der Waals surface area contributed by atoms with E-state index in [4.69, 9.17) is 0 Å². The van der Waals surface area contributed by atoms with Crippen LogP contribution in [0.4, 0.5) is 4.79 Å². The van der Waals surface area contributed by atoms with Crippen molar-refractivity contribution in [1.29, 1.82) is 0 Å². The van der Waals surface area contributed by atoms with Crippen molar-refractivity contribution in [3.8, 4) is 0 Å². The third-order valence-corrected chi connectivity index (χ3v) is 6.13. The van der Waals surface area contributed by atoms with E-state index in [9.17, 15) is 19.2 Å². The fraction of sp³-hybridized carbons (Fsp3) is 0.545. The number of imide groups is 1. The molecule has 1 heterocycles. The van der Waals surface area contributed by atoms with E-state index in [0.717, 1.165) is 42.6 Å². The number of nitrogens with zero attached hydrogens (tertiary/aromatic N) is 1. The number of carbonyl (C=O) groups is 4. The first-order chi connectivity index (χ1) is 13.8. The first kappa shape index (κ1) is 21.0. The predicted molar refractivity (Wildman–Crippen MR) is 108 cm³/mol. The van der Waals surface area contributed by atoms with Gasteiger partial charge in [-0.15, -0.1) is 0 Å². The molecule has 1 saturated heterocycles. The van der Waals surface area contributed by atoms with Crippen molar-refractivity contribution in [2.24, 2.45) is 5.92 Å². The molecule has 1 aromatic rings. The minimum absolute atomic E-state index is 0.0869. The monoisotopic (exact) mass is 399 g/mol. The quantitative estimate of drug-likeness (QED) is 0.687. The molecule has 1 aliphatic heterocycles. The van der Waals surface area contributed by atoms with Gasteiger partial charge >= 0.3 is 6.03 Å². The average molecular weight is 399 g/mol. The zero-order valence-corrected chi connectivity index (χ0v) is 17.1. The molecule has 1 aliphatic carbocycles. The Labute approximate surface area is 171 Å². The molecule has 29 heavy (non-hydrogen) atoms. The second-order valence-electron chi connectivity index (χ2n) is 8.28. The number of amides is 4. The Balaban J connectivity index is 1.63. The van der Waals surface area contributed by atoms with Crippen LogP contribution in [0.25, 0.3) is 0 Å². The third-order valence-electron chi connectivity index (χ3n) is 6.13. The van der Waals surface area contributed by atoms with Gasteiger partial charge in [0.15, 0.2) is 5.78 Å². The molecular weight excluding hydrogens is 370 g/mol. The number of carbonyl (C=O) groups excluding carboxylic acids is 4. The molecular formula is C22H29N3O4. The molecule has 0 radical (unpaired) electrons. The highest BCUT2D eigenvalue weighted by Crippen LogP contribution is 2.36. The number of Topliss-reactive ketones (excluding diaryl/α,β-unsaturated/α-hetero) is 1. The highest BCUT2D eigenvalue weighted by atomic mass is 16.2. The largest absolute Gasteiger partial charge is 0.344 e. The van der Waals surface area contributed by atoms with Crippen molar-refractivity contribution in [2.45, 2.75) is 64.0 Å². The molecule has 0 bridgehead atoms. The van der Waals surface area contributed by atoms with E-state index in [-0.39, 0.29) is 24.2 Å². The zero-order chi connectivity index (χ0) is 21.0. The van der Waals surface area contributed by atoms with Crippen molar-refractivity contribution >= 4 is 23.6 Å². The SMILES string of the molecule is CC(=O)[C@@H](Cc1ccccc1)NC(=O)CN1C(=O)N[C@@](C)(C2CCCCC2)C1=O. The molecule has 1 aromatic carbocycles. The van der Waals surface area contributed by atoms with Gasteiger partial charge in [0.25, 0.3) is 5.91 Å². The molecule has 156 valence electrons. The van der Waals surface area contributed by atoms with Gasteiger partial charge in [-0.25, -0.2) is 4.79 Å². The van der Waals surface area contributed by atoms with E-state index in [1.807, 2.05) is 30.3 Å². The molecule has 0 aromatic heterocycles. The number of hydrogen-bond donors (Lipinski definition) is 2. The number of rotatable bonds is 7. The van der Waals surface area contributed by atoms with E-state index in [0.29, 0.717) is 6.42 Å². The van der Waals surface area contributed by atoms with Crippen LogP contribution in [0.3, 0.4) is 0 Å². The first-order valence-electron chi connectivity index (χ1n) is 10.3. The molecule has 2 aliphatic rings. The minimum Gasteiger partial charge on any atom is -0.344 e. The van der Waals surface area contributed by atoms with Gasteiger partial charge < -0.3 is 10.6 Å². The van der Waals surface area contributed by atoms with E-state index in [2.05, 4.69) is 10.6 Å². The molecule has 7 heteroatoms. The molecule has 7 nitrogen and oxygen atoms in total. The Kier molecular flexibility index (Phi) is 6.35. The van der Waals surface area contributed by atoms with E-state index < -0.39 is 23.5 Å². The Bertz CT molecular complexity index is 789.